The van der Waals surface area contributed by atoms with E-state index in [0.29, 0.717) is 0 Å². The molecule has 1 fully saturated rings. The zero-order valence-electron chi connectivity index (χ0n) is 14.2. The molecule has 2 N–H and O–H groups in total. The Bertz CT molecular complexity index is 774. The third kappa shape index (κ3) is 4.89. The minimum Gasteiger partial charge on any atom is -0.353 e. The molecule has 1 aliphatic rings. The monoisotopic (exact) mass is 337 g/mol. The summed E-state index contributed by atoms with van der Waals surface area (Å²) in [6, 6.07) is 14.1. The lowest BCUT2D eigenvalue weighted by molar-refractivity contribution is -0.129. The van der Waals surface area contributed by atoms with Crippen LogP contribution in [0.5, 0.6) is 0 Å². The normalized spacial score (nSPS) is 15.4. The second-order valence-electron chi connectivity index (χ2n) is 6.44. The van der Waals surface area contributed by atoms with Crippen LogP contribution in [0.1, 0.15) is 44.1 Å². The smallest absolute Gasteiger partial charge is 0.249 e. The van der Waals surface area contributed by atoms with E-state index in [-0.39, 0.29) is 18.4 Å². The summed E-state index contributed by atoms with van der Waals surface area (Å²) in [5.41, 5.74) is 3.36. The van der Waals surface area contributed by atoms with Gasteiger partial charge in [-0.1, -0.05) is 61.7 Å². The molecule has 5 nitrogen and oxygen atoms in total. The second-order valence-corrected chi connectivity index (χ2v) is 6.44. The molecule has 0 aromatic heterocycles. The maximum absolute atomic E-state index is 11.9. The standard InChI is InChI=1S/C20H23N3O2/c24-19(22-17-10-2-1-3-11-17)13-20(25)23-21-14-16-9-6-8-15-7-4-5-12-18(15)16/h4-9,12,14,17H,1-3,10-11,13H2,(H,22,24)(H,23,25). The van der Waals surface area contributed by atoms with E-state index in [0.717, 1.165) is 42.0 Å². The van der Waals surface area contributed by atoms with Crippen molar-refractivity contribution in [2.24, 2.45) is 5.10 Å². The average molecular weight is 337 g/mol. The first-order valence-corrected chi connectivity index (χ1v) is 8.81. The van der Waals surface area contributed by atoms with Crippen LogP contribution in [0.25, 0.3) is 10.8 Å². The number of benzene rings is 2. The molecule has 0 spiro atoms. The van der Waals surface area contributed by atoms with E-state index in [2.05, 4.69) is 15.8 Å². The largest absolute Gasteiger partial charge is 0.353 e. The highest BCUT2D eigenvalue weighted by Gasteiger charge is 2.17. The lowest BCUT2D eigenvalue weighted by Crippen LogP contribution is -2.38. The Morgan fingerprint density at radius 3 is 2.60 bits per heavy atom. The maximum Gasteiger partial charge on any atom is 0.249 e. The molecule has 0 unspecified atom stereocenters. The Labute approximate surface area is 147 Å². The predicted molar refractivity (Wildman–Crippen MR) is 99.3 cm³/mol. The summed E-state index contributed by atoms with van der Waals surface area (Å²) < 4.78 is 0. The third-order valence-electron chi connectivity index (χ3n) is 4.51. The van der Waals surface area contributed by atoms with Gasteiger partial charge in [0.1, 0.15) is 6.42 Å². The van der Waals surface area contributed by atoms with Gasteiger partial charge in [-0.3, -0.25) is 9.59 Å². The molecule has 0 heterocycles. The summed E-state index contributed by atoms with van der Waals surface area (Å²) in [5.74, 6) is -0.630. The fourth-order valence-electron chi connectivity index (χ4n) is 3.25. The van der Waals surface area contributed by atoms with Crippen LogP contribution >= 0.6 is 0 Å². The van der Waals surface area contributed by atoms with Crippen molar-refractivity contribution in [1.82, 2.24) is 10.7 Å². The zero-order chi connectivity index (χ0) is 17.5. The van der Waals surface area contributed by atoms with E-state index < -0.39 is 5.91 Å². The van der Waals surface area contributed by atoms with E-state index in [1.807, 2.05) is 42.5 Å². The van der Waals surface area contributed by atoms with Crippen LogP contribution in [0.15, 0.2) is 47.6 Å². The van der Waals surface area contributed by atoms with E-state index in [9.17, 15) is 9.59 Å². The fourth-order valence-corrected chi connectivity index (χ4v) is 3.25. The highest BCUT2D eigenvalue weighted by Crippen LogP contribution is 2.18. The summed E-state index contributed by atoms with van der Waals surface area (Å²) in [6.45, 7) is 0. The van der Waals surface area contributed by atoms with Crippen LogP contribution in [-0.2, 0) is 9.59 Å². The van der Waals surface area contributed by atoms with Gasteiger partial charge in [0.25, 0.3) is 0 Å². The summed E-state index contributed by atoms with van der Waals surface area (Å²) in [6.07, 6.45) is 6.95. The number of hydrazone groups is 1. The number of nitrogens with zero attached hydrogens (tertiary/aromatic N) is 1. The maximum atomic E-state index is 11.9. The third-order valence-corrected chi connectivity index (χ3v) is 4.51. The quantitative estimate of drug-likeness (QED) is 0.500. The lowest BCUT2D eigenvalue weighted by atomic mass is 9.95. The van der Waals surface area contributed by atoms with Gasteiger partial charge < -0.3 is 5.32 Å². The topological polar surface area (TPSA) is 70.6 Å². The molecule has 0 bridgehead atoms. The Balaban J connectivity index is 1.51. The van der Waals surface area contributed by atoms with Crippen molar-refractivity contribution >= 4 is 28.8 Å². The first-order valence-electron chi connectivity index (χ1n) is 8.81. The molecule has 25 heavy (non-hydrogen) atoms. The molecule has 0 saturated heterocycles. The van der Waals surface area contributed by atoms with Crippen LogP contribution in [0.4, 0.5) is 0 Å². The number of fused-ring (bicyclic) bond motifs is 1. The van der Waals surface area contributed by atoms with Crippen LogP contribution < -0.4 is 10.7 Å². The summed E-state index contributed by atoms with van der Waals surface area (Å²) in [7, 11) is 0. The van der Waals surface area contributed by atoms with Crippen molar-refractivity contribution in [2.45, 2.75) is 44.6 Å². The van der Waals surface area contributed by atoms with Gasteiger partial charge in [-0.15, -0.1) is 0 Å². The zero-order valence-corrected chi connectivity index (χ0v) is 14.2. The first kappa shape index (κ1) is 17.1. The molecule has 1 aliphatic carbocycles. The molecule has 2 aromatic carbocycles. The Kier molecular flexibility index (Phi) is 5.77. The van der Waals surface area contributed by atoms with E-state index in [1.54, 1.807) is 6.21 Å². The van der Waals surface area contributed by atoms with Crippen LogP contribution in [0, 0.1) is 0 Å². The number of hydrogen-bond acceptors (Lipinski definition) is 3. The number of carbonyl (C=O) groups excluding carboxylic acids is 2. The number of amides is 2. The van der Waals surface area contributed by atoms with Gasteiger partial charge in [-0.25, -0.2) is 5.43 Å². The van der Waals surface area contributed by atoms with E-state index in [1.165, 1.54) is 6.42 Å². The molecule has 2 amide bonds. The van der Waals surface area contributed by atoms with E-state index >= 15 is 0 Å². The minimum absolute atomic E-state index is 0.191. The molecular formula is C20H23N3O2. The first-order chi connectivity index (χ1) is 12.2. The van der Waals surface area contributed by atoms with Gasteiger partial charge in [0, 0.05) is 11.6 Å². The number of nitrogens with one attached hydrogen (secondary N) is 2. The Morgan fingerprint density at radius 2 is 1.76 bits per heavy atom. The highest BCUT2D eigenvalue weighted by molar-refractivity contribution is 6.01. The summed E-state index contributed by atoms with van der Waals surface area (Å²) >= 11 is 0. The summed E-state index contributed by atoms with van der Waals surface area (Å²) in [4.78, 5) is 23.8. The van der Waals surface area contributed by atoms with Crippen molar-refractivity contribution < 1.29 is 9.59 Å². The van der Waals surface area contributed by atoms with Gasteiger partial charge in [-0.2, -0.15) is 5.10 Å². The molecule has 130 valence electrons. The van der Waals surface area contributed by atoms with Crippen molar-refractivity contribution in [3.63, 3.8) is 0 Å². The Hall–Kier alpha value is -2.69. The SMILES string of the molecule is O=C(CC(=O)NC1CCCCC1)NN=Cc1cccc2ccccc12. The van der Waals surface area contributed by atoms with Crippen molar-refractivity contribution in [3.05, 3.63) is 48.0 Å². The fraction of sp³-hybridized carbons (Fsp3) is 0.350. The van der Waals surface area contributed by atoms with Gasteiger partial charge in [-0.05, 0) is 23.6 Å². The number of rotatable bonds is 5. The number of hydrogen-bond donors (Lipinski definition) is 2. The van der Waals surface area contributed by atoms with Gasteiger partial charge in [0.15, 0.2) is 0 Å². The molecular weight excluding hydrogens is 314 g/mol. The van der Waals surface area contributed by atoms with Crippen LogP contribution in [0.2, 0.25) is 0 Å². The van der Waals surface area contributed by atoms with Crippen molar-refractivity contribution in [1.29, 1.82) is 0 Å². The van der Waals surface area contributed by atoms with Crippen molar-refractivity contribution in [2.75, 3.05) is 0 Å². The molecule has 0 radical (unpaired) electrons. The van der Waals surface area contributed by atoms with Crippen molar-refractivity contribution in [3.8, 4) is 0 Å². The van der Waals surface area contributed by atoms with Crippen LogP contribution in [-0.4, -0.2) is 24.1 Å². The predicted octanol–water partition coefficient (Wildman–Crippen LogP) is 3.13. The second kappa shape index (κ2) is 8.42. The van der Waals surface area contributed by atoms with E-state index in [4.69, 9.17) is 0 Å². The molecule has 1 saturated carbocycles. The minimum atomic E-state index is -0.398. The lowest BCUT2D eigenvalue weighted by Gasteiger charge is -2.22. The molecule has 0 aliphatic heterocycles. The molecule has 3 rings (SSSR count). The average Bonchev–Trinajstić information content (AvgIpc) is 2.62. The molecule has 2 aromatic rings. The van der Waals surface area contributed by atoms with Gasteiger partial charge >= 0.3 is 0 Å². The van der Waals surface area contributed by atoms with Gasteiger partial charge in [0.05, 0.1) is 6.21 Å². The molecule has 5 heteroatoms. The summed E-state index contributed by atoms with van der Waals surface area (Å²) in [5, 5.41) is 9.10. The Morgan fingerprint density at radius 1 is 1.00 bits per heavy atom. The van der Waals surface area contributed by atoms with Crippen LogP contribution in [0.3, 0.4) is 0 Å². The van der Waals surface area contributed by atoms with Gasteiger partial charge in [0.2, 0.25) is 11.8 Å². The molecule has 0 atom stereocenters. The number of carbonyl (C=O) groups is 2. The highest BCUT2D eigenvalue weighted by atomic mass is 16.2.